The topological polar surface area (TPSA) is 77.8 Å². The van der Waals surface area contributed by atoms with Crippen molar-refractivity contribution in [1.82, 2.24) is 15.1 Å². The van der Waals surface area contributed by atoms with Gasteiger partial charge in [-0.3, -0.25) is 4.98 Å². The van der Waals surface area contributed by atoms with E-state index in [1.54, 1.807) is 6.20 Å². The Morgan fingerprint density at radius 3 is 2.67 bits per heavy atom. The Balaban J connectivity index is 2.06. The third-order valence-corrected chi connectivity index (χ3v) is 4.46. The summed E-state index contributed by atoms with van der Waals surface area (Å²) < 4.78 is 7.70. The molecule has 1 aromatic carbocycles. The standard InChI is InChI=1S/C13H7Br3N4O/c14-6-4-9(16)11(18-5-6)12-19-13(21-20-12)7-2-1-3-8(15)10(7)17/h1-5H,17H2. The van der Waals surface area contributed by atoms with Crippen molar-refractivity contribution >= 4 is 53.5 Å². The molecule has 0 spiro atoms. The first-order valence-electron chi connectivity index (χ1n) is 5.75. The first-order valence-corrected chi connectivity index (χ1v) is 8.13. The molecular formula is C13H7Br3N4O. The number of nitrogens with zero attached hydrogens (tertiary/aromatic N) is 3. The summed E-state index contributed by atoms with van der Waals surface area (Å²) in [5, 5.41) is 3.96. The van der Waals surface area contributed by atoms with Gasteiger partial charge in [0, 0.05) is 19.6 Å². The maximum Gasteiger partial charge on any atom is 0.260 e. The number of halogens is 3. The highest BCUT2D eigenvalue weighted by molar-refractivity contribution is 9.11. The number of rotatable bonds is 2. The van der Waals surface area contributed by atoms with Crippen molar-refractivity contribution in [2.45, 2.75) is 0 Å². The number of pyridine rings is 1. The van der Waals surface area contributed by atoms with Crippen molar-refractivity contribution < 1.29 is 4.52 Å². The second kappa shape index (κ2) is 5.86. The van der Waals surface area contributed by atoms with Crippen LogP contribution in [0.25, 0.3) is 23.0 Å². The molecule has 0 atom stereocenters. The van der Waals surface area contributed by atoms with Gasteiger partial charge < -0.3 is 10.3 Å². The summed E-state index contributed by atoms with van der Waals surface area (Å²) in [6, 6.07) is 7.39. The predicted molar refractivity (Wildman–Crippen MR) is 90.5 cm³/mol. The molecule has 3 rings (SSSR count). The van der Waals surface area contributed by atoms with Crippen LogP contribution in [-0.2, 0) is 0 Å². The minimum Gasteiger partial charge on any atom is -0.397 e. The van der Waals surface area contributed by atoms with Gasteiger partial charge in [0.25, 0.3) is 5.89 Å². The number of hydrogen-bond acceptors (Lipinski definition) is 5. The summed E-state index contributed by atoms with van der Waals surface area (Å²) in [4.78, 5) is 8.63. The summed E-state index contributed by atoms with van der Waals surface area (Å²) in [5.74, 6) is 0.740. The monoisotopic (exact) mass is 472 g/mol. The molecule has 0 radical (unpaired) electrons. The summed E-state index contributed by atoms with van der Waals surface area (Å²) in [5.41, 5.74) is 7.83. The van der Waals surface area contributed by atoms with Crippen LogP contribution in [-0.4, -0.2) is 15.1 Å². The third-order valence-electron chi connectivity index (χ3n) is 2.73. The molecule has 0 aliphatic rings. The lowest BCUT2D eigenvalue weighted by atomic mass is 10.2. The second-order valence-corrected chi connectivity index (χ2v) is 6.73. The Hall–Kier alpha value is -1.25. The van der Waals surface area contributed by atoms with Gasteiger partial charge in [0.05, 0.1) is 11.3 Å². The minimum absolute atomic E-state index is 0.348. The van der Waals surface area contributed by atoms with Crippen molar-refractivity contribution in [3.8, 4) is 23.0 Å². The Kier molecular flexibility index (Phi) is 4.10. The predicted octanol–water partition coefficient (Wildman–Crippen LogP) is 4.67. The molecule has 0 aliphatic carbocycles. The highest BCUT2D eigenvalue weighted by Gasteiger charge is 2.16. The summed E-state index contributed by atoms with van der Waals surface area (Å²) in [6.07, 6.45) is 1.67. The second-order valence-electron chi connectivity index (χ2n) is 4.11. The Bertz CT molecular complexity index is 819. The van der Waals surface area contributed by atoms with Crippen LogP contribution in [0.15, 0.2) is 48.4 Å². The molecule has 0 saturated carbocycles. The number of nitrogens with two attached hydrogens (primary N) is 1. The van der Waals surface area contributed by atoms with E-state index in [2.05, 4.69) is 62.9 Å². The van der Waals surface area contributed by atoms with Gasteiger partial charge in [0.15, 0.2) is 0 Å². The number of nitrogen functional groups attached to an aromatic ring is 1. The number of para-hydroxylation sites is 1. The van der Waals surface area contributed by atoms with Crippen LogP contribution in [0.5, 0.6) is 0 Å². The molecule has 0 saturated heterocycles. The molecule has 2 N–H and O–H groups in total. The van der Waals surface area contributed by atoms with Gasteiger partial charge in [-0.25, -0.2) is 0 Å². The largest absolute Gasteiger partial charge is 0.397 e. The minimum atomic E-state index is 0.348. The number of hydrogen-bond donors (Lipinski definition) is 1. The zero-order chi connectivity index (χ0) is 15.0. The van der Waals surface area contributed by atoms with Crippen LogP contribution < -0.4 is 5.73 Å². The van der Waals surface area contributed by atoms with Crippen LogP contribution in [0.2, 0.25) is 0 Å². The maximum absolute atomic E-state index is 6.01. The van der Waals surface area contributed by atoms with E-state index in [4.69, 9.17) is 10.3 Å². The van der Waals surface area contributed by atoms with Gasteiger partial charge in [0.2, 0.25) is 5.82 Å². The first kappa shape index (κ1) is 14.7. The molecule has 5 nitrogen and oxygen atoms in total. The van der Waals surface area contributed by atoms with Gasteiger partial charge in [-0.2, -0.15) is 4.98 Å². The molecule has 0 fully saturated rings. The van der Waals surface area contributed by atoms with Crippen LogP contribution in [0.1, 0.15) is 0 Å². The van der Waals surface area contributed by atoms with Crippen LogP contribution in [0.4, 0.5) is 5.69 Å². The number of benzene rings is 1. The lowest BCUT2D eigenvalue weighted by Crippen LogP contribution is -1.92. The molecule has 8 heteroatoms. The quantitative estimate of drug-likeness (QED) is 0.546. The Morgan fingerprint density at radius 2 is 1.90 bits per heavy atom. The molecule has 2 aromatic heterocycles. The molecule has 106 valence electrons. The zero-order valence-electron chi connectivity index (χ0n) is 10.3. The van der Waals surface area contributed by atoms with Crippen molar-refractivity contribution in [1.29, 1.82) is 0 Å². The fourth-order valence-electron chi connectivity index (χ4n) is 1.73. The summed E-state index contributed by atoms with van der Waals surface area (Å²) in [6.45, 7) is 0. The molecule has 0 bridgehead atoms. The summed E-state index contributed by atoms with van der Waals surface area (Å²) in [7, 11) is 0. The normalized spacial score (nSPS) is 10.8. The highest BCUT2D eigenvalue weighted by atomic mass is 79.9. The lowest BCUT2D eigenvalue weighted by Gasteiger charge is -2.02. The average Bonchev–Trinajstić information content (AvgIpc) is 2.91. The fraction of sp³-hybridized carbons (Fsp3) is 0. The molecule has 21 heavy (non-hydrogen) atoms. The molecule has 0 aliphatic heterocycles. The van der Waals surface area contributed by atoms with E-state index in [-0.39, 0.29) is 0 Å². The summed E-state index contributed by atoms with van der Waals surface area (Å²) >= 11 is 10.2. The van der Waals surface area contributed by atoms with Crippen molar-refractivity contribution in [2.24, 2.45) is 0 Å². The fourth-order valence-corrected chi connectivity index (χ4v) is 3.26. The van der Waals surface area contributed by atoms with Gasteiger partial charge in [-0.15, -0.1) is 0 Å². The van der Waals surface area contributed by atoms with E-state index >= 15 is 0 Å². The van der Waals surface area contributed by atoms with Crippen LogP contribution in [0, 0.1) is 0 Å². The van der Waals surface area contributed by atoms with Crippen molar-refractivity contribution in [3.05, 3.63) is 43.9 Å². The Morgan fingerprint density at radius 1 is 1.10 bits per heavy atom. The van der Waals surface area contributed by atoms with E-state index in [1.807, 2.05) is 24.3 Å². The van der Waals surface area contributed by atoms with E-state index < -0.39 is 0 Å². The van der Waals surface area contributed by atoms with Crippen LogP contribution in [0.3, 0.4) is 0 Å². The smallest absolute Gasteiger partial charge is 0.260 e. The molecule has 3 aromatic rings. The van der Waals surface area contributed by atoms with Crippen molar-refractivity contribution in [2.75, 3.05) is 5.73 Å². The first-order chi connectivity index (χ1) is 10.1. The molecular weight excluding hydrogens is 468 g/mol. The van der Waals surface area contributed by atoms with E-state index in [1.165, 1.54) is 0 Å². The molecule has 2 heterocycles. The average molecular weight is 475 g/mol. The lowest BCUT2D eigenvalue weighted by molar-refractivity contribution is 0.432. The van der Waals surface area contributed by atoms with E-state index in [0.717, 1.165) is 13.4 Å². The van der Waals surface area contributed by atoms with Gasteiger partial charge in [0.1, 0.15) is 5.69 Å². The van der Waals surface area contributed by atoms with Gasteiger partial charge in [-0.1, -0.05) is 11.2 Å². The maximum atomic E-state index is 6.01. The van der Waals surface area contributed by atoms with E-state index in [9.17, 15) is 0 Å². The van der Waals surface area contributed by atoms with Gasteiger partial charge >= 0.3 is 0 Å². The zero-order valence-corrected chi connectivity index (χ0v) is 15.1. The van der Waals surface area contributed by atoms with Crippen molar-refractivity contribution in [3.63, 3.8) is 0 Å². The van der Waals surface area contributed by atoms with Gasteiger partial charge in [-0.05, 0) is 66.0 Å². The molecule has 0 unspecified atom stereocenters. The molecule has 0 amide bonds. The Labute approximate surface area is 145 Å². The SMILES string of the molecule is Nc1c(Br)cccc1-c1nc(-c2ncc(Br)cc2Br)no1. The van der Waals surface area contributed by atoms with E-state index in [0.29, 0.717) is 28.7 Å². The van der Waals surface area contributed by atoms with Crippen LogP contribution >= 0.6 is 47.8 Å². The highest BCUT2D eigenvalue weighted by Crippen LogP contribution is 2.33. The third kappa shape index (κ3) is 2.88. The number of anilines is 1. The number of aromatic nitrogens is 3.